The first-order valence-electron chi connectivity index (χ1n) is 5.18. The summed E-state index contributed by atoms with van der Waals surface area (Å²) in [7, 11) is 0. The smallest absolute Gasteiger partial charge is 0.120 e. The number of hydrogen-bond acceptors (Lipinski definition) is 4. The summed E-state index contributed by atoms with van der Waals surface area (Å²) < 4.78 is 0. The Kier molecular flexibility index (Phi) is 3.68. The number of nitrogens with zero attached hydrogens (tertiary/aromatic N) is 3. The van der Waals surface area contributed by atoms with Crippen LogP contribution in [0.4, 0.5) is 0 Å². The standard InChI is InChI=1S/C10H15N5O/c16-6-5-15(7-9-1-2-13-14-9)8-10-11-3-4-12-10/h1-4,16H,5-8H2,(H,11,12)(H,13,14). The molecule has 0 aliphatic rings. The van der Waals surface area contributed by atoms with Gasteiger partial charge in [0.05, 0.1) is 13.2 Å². The molecule has 0 fully saturated rings. The first-order chi connectivity index (χ1) is 7.88. The first kappa shape index (κ1) is 10.8. The highest BCUT2D eigenvalue weighted by Crippen LogP contribution is 2.04. The molecule has 0 spiro atoms. The van der Waals surface area contributed by atoms with E-state index in [1.807, 2.05) is 6.07 Å². The molecule has 0 atom stereocenters. The van der Waals surface area contributed by atoms with Crippen molar-refractivity contribution in [3.63, 3.8) is 0 Å². The third-order valence-corrected chi connectivity index (χ3v) is 2.30. The van der Waals surface area contributed by atoms with Gasteiger partial charge in [-0.15, -0.1) is 0 Å². The monoisotopic (exact) mass is 221 g/mol. The number of aliphatic hydroxyl groups is 1. The maximum atomic E-state index is 9.00. The Morgan fingerprint density at radius 2 is 2.25 bits per heavy atom. The van der Waals surface area contributed by atoms with E-state index in [-0.39, 0.29) is 6.61 Å². The minimum Gasteiger partial charge on any atom is -0.395 e. The summed E-state index contributed by atoms with van der Waals surface area (Å²) in [4.78, 5) is 9.30. The van der Waals surface area contributed by atoms with E-state index in [4.69, 9.17) is 5.11 Å². The summed E-state index contributed by atoms with van der Waals surface area (Å²) in [5.74, 6) is 0.896. The van der Waals surface area contributed by atoms with Gasteiger partial charge in [0.15, 0.2) is 0 Å². The second kappa shape index (κ2) is 5.43. The molecule has 86 valence electrons. The molecule has 0 aromatic carbocycles. The van der Waals surface area contributed by atoms with Crippen LogP contribution in [-0.2, 0) is 13.1 Å². The molecule has 2 aromatic heterocycles. The predicted octanol–water partition coefficient (Wildman–Crippen LogP) is 0.127. The van der Waals surface area contributed by atoms with E-state index in [9.17, 15) is 0 Å². The van der Waals surface area contributed by atoms with Gasteiger partial charge in [-0.3, -0.25) is 10.00 Å². The van der Waals surface area contributed by atoms with Crippen LogP contribution in [0.2, 0.25) is 0 Å². The second-order valence-electron chi connectivity index (χ2n) is 3.55. The van der Waals surface area contributed by atoms with Crippen LogP contribution in [0, 0.1) is 0 Å². The largest absolute Gasteiger partial charge is 0.395 e. The van der Waals surface area contributed by atoms with Crippen molar-refractivity contribution in [2.75, 3.05) is 13.2 Å². The first-order valence-corrected chi connectivity index (χ1v) is 5.18. The minimum absolute atomic E-state index is 0.134. The van der Waals surface area contributed by atoms with Gasteiger partial charge in [0.25, 0.3) is 0 Å². The summed E-state index contributed by atoms with van der Waals surface area (Å²) in [5.41, 5.74) is 1.03. The highest BCUT2D eigenvalue weighted by atomic mass is 16.3. The molecule has 0 radical (unpaired) electrons. The molecule has 0 bridgehead atoms. The van der Waals surface area contributed by atoms with E-state index in [0.717, 1.165) is 18.1 Å². The SMILES string of the molecule is OCCN(Cc1ccn[nH]1)Cc1ncc[nH]1. The number of imidazole rings is 1. The summed E-state index contributed by atoms with van der Waals surface area (Å²) in [6.07, 6.45) is 5.24. The van der Waals surface area contributed by atoms with Crippen molar-refractivity contribution in [1.29, 1.82) is 0 Å². The number of aromatic nitrogens is 4. The number of rotatable bonds is 6. The molecule has 0 saturated heterocycles. The lowest BCUT2D eigenvalue weighted by atomic mass is 10.3. The Morgan fingerprint density at radius 1 is 1.31 bits per heavy atom. The third-order valence-electron chi connectivity index (χ3n) is 2.30. The number of nitrogens with one attached hydrogen (secondary N) is 2. The Hall–Kier alpha value is -1.66. The van der Waals surface area contributed by atoms with Crippen LogP contribution in [0.1, 0.15) is 11.5 Å². The van der Waals surface area contributed by atoms with E-state index in [0.29, 0.717) is 13.1 Å². The summed E-state index contributed by atoms with van der Waals surface area (Å²) in [6, 6.07) is 1.92. The lowest BCUT2D eigenvalue weighted by Gasteiger charge is -2.18. The zero-order valence-electron chi connectivity index (χ0n) is 8.93. The van der Waals surface area contributed by atoms with Crippen LogP contribution in [0.25, 0.3) is 0 Å². The summed E-state index contributed by atoms with van der Waals surface area (Å²) >= 11 is 0. The van der Waals surface area contributed by atoms with Gasteiger partial charge >= 0.3 is 0 Å². The van der Waals surface area contributed by atoms with E-state index >= 15 is 0 Å². The van der Waals surface area contributed by atoms with Gasteiger partial charge in [-0.05, 0) is 6.07 Å². The molecule has 2 rings (SSSR count). The zero-order valence-corrected chi connectivity index (χ0v) is 8.93. The molecule has 0 amide bonds. The molecule has 0 aliphatic heterocycles. The normalized spacial score (nSPS) is 11.1. The molecule has 16 heavy (non-hydrogen) atoms. The Labute approximate surface area is 93.3 Å². The summed E-state index contributed by atoms with van der Waals surface area (Å²) in [6.45, 7) is 2.16. The Bertz CT molecular complexity index is 347. The van der Waals surface area contributed by atoms with Gasteiger partial charge in [-0.1, -0.05) is 0 Å². The molecule has 6 nitrogen and oxygen atoms in total. The van der Waals surface area contributed by atoms with Crippen molar-refractivity contribution in [2.45, 2.75) is 13.1 Å². The van der Waals surface area contributed by atoms with Gasteiger partial charge in [0, 0.05) is 37.4 Å². The molecule has 0 aliphatic carbocycles. The van der Waals surface area contributed by atoms with Crippen LogP contribution in [0.15, 0.2) is 24.7 Å². The van der Waals surface area contributed by atoms with Gasteiger partial charge in [-0.25, -0.2) is 4.98 Å². The third kappa shape index (κ3) is 2.91. The van der Waals surface area contributed by atoms with E-state index in [1.165, 1.54) is 0 Å². The number of aliphatic hydroxyl groups excluding tert-OH is 1. The predicted molar refractivity (Wildman–Crippen MR) is 58.4 cm³/mol. The fourth-order valence-corrected chi connectivity index (χ4v) is 1.57. The van der Waals surface area contributed by atoms with Crippen LogP contribution < -0.4 is 0 Å². The maximum absolute atomic E-state index is 9.00. The Morgan fingerprint density at radius 3 is 2.88 bits per heavy atom. The van der Waals surface area contributed by atoms with E-state index in [1.54, 1.807) is 18.6 Å². The average molecular weight is 221 g/mol. The van der Waals surface area contributed by atoms with Crippen molar-refractivity contribution in [3.8, 4) is 0 Å². The Balaban J connectivity index is 1.94. The fourth-order valence-electron chi connectivity index (χ4n) is 1.57. The highest BCUT2D eigenvalue weighted by molar-refractivity contribution is 4.98. The fraction of sp³-hybridized carbons (Fsp3) is 0.400. The molecule has 0 unspecified atom stereocenters. The topological polar surface area (TPSA) is 80.8 Å². The molecular formula is C10H15N5O. The van der Waals surface area contributed by atoms with Gasteiger partial charge in [0.2, 0.25) is 0 Å². The molecule has 2 aromatic rings. The van der Waals surface area contributed by atoms with Gasteiger partial charge < -0.3 is 10.1 Å². The van der Waals surface area contributed by atoms with Crippen molar-refractivity contribution in [1.82, 2.24) is 25.1 Å². The van der Waals surface area contributed by atoms with Crippen LogP contribution in [-0.4, -0.2) is 43.3 Å². The number of H-pyrrole nitrogens is 2. The lowest BCUT2D eigenvalue weighted by Crippen LogP contribution is -2.26. The van der Waals surface area contributed by atoms with Crippen LogP contribution in [0.5, 0.6) is 0 Å². The van der Waals surface area contributed by atoms with Crippen molar-refractivity contribution >= 4 is 0 Å². The molecular weight excluding hydrogens is 206 g/mol. The second-order valence-corrected chi connectivity index (χ2v) is 3.55. The molecule has 6 heteroatoms. The molecule has 3 N–H and O–H groups in total. The quantitative estimate of drug-likeness (QED) is 0.647. The molecule has 0 saturated carbocycles. The maximum Gasteiger partial charge on any atom is 0.120 e. The van der Waals surface area contributed by atoms with E-state index in [2.05, 4.69) is 25.1 Å². The zero-order chi connectivity index (χ0) is 11.2. The van der Waals surface area contributed by atoms with Gasteiger partial charge in [0.1, 0.15) is 5.82 Å². The number of aromatic amines is 2. The summed E-state index contributed by atoms with van der Waals surface area (Å²) in [5, 5.41) is 15.8. The minimum atomic E-state index is 0.134. The van der Waals surface area contributed by atoms with Crippen molar-refractivity contribution in [2.24, 2.45) is 0 Å². The average Bonchev–Trinajstić information content (AvgIpc) is 2.91. The highest BCUT2D eigenvalue weighted by Gasteiger charge is 2.08. The van der Waals surface area contributed by atoms with Crippen LogP contribution in [0.3, 0.4) is 0 Å². The van der Waals surface area contributed by atoms with Gasteiger partial charge in [-0.2, -0.15) is 5.10 Å². The van der Waals surface area contributed by atoms with Crippen molar-refractivity contribution in [3.05, 3.63) is 36.2 Å². The number of hydrogen-bond donors (Lipinski definition) is 3. The van der Waals surface area contributed by atoms with E-state index < -0.39 is 0 Å². The van der Waals surface area contributed by atoms with Crippen molar-refractivity contribution < 1.29 is 5.11 Å². The van der Waals surface area contributed by atoms with Crippen LogP contribution >= 0.6 is 0 Å². The lowest BCUT2D eigenvalue weighted by molar-refractivity contribution is 0.180. The molecule has 2 heterocycles.